The molecule has 1 fully saturated rings. The quantitative estimate of drug-likeness (QED) is 0.701. The molecule has 1 aliphatic rings. The summed E-state index contributed by atoms with van der Waals surface area (Å²) < 4.78 is 33.4. The number of hydrogen-bond acceptors (Lipinski definition) is 6. The number of sulfonamides is 1. The van der Waals surface area contributed by atoms with E-state index in [1.165, 1.54) is 4.31 Å². The van der Waals surface area contributed by atoms with Gasteiger partial charge in [0.25, 0.3) is 5.89 Å². The average Bonchev–Trinajstić information content (AvgIpc) is 3.19. The van der Waals surface area contributed by atoms with Crippen molar-refractivity contribution in [2.45, 2.75) is 30.2 Å². The van der Waals surface area contributed by atoms with Crippen molar-refractivity contribution in [2.75, 3.05) is 6.54 Å². The van der Waals surface area contributed by atoms with Gasteiger partial charge in [-0.05, 0) is 37.1 Å². The van der Waals surface area contributed by atoms with Gasteiger partial charge in [-0.1, -0.05) is 30.7 Å². The zero-order valence-electron chi connectivity index (χ0n) is 14.0. The van der Waals surface area contributed by atoms with Crippen LogP contribution in [-0.2, 0) is 10.0 Å². The van der Waals surface area contributed by atoms with Crippen LogP contribution in [0.3, 0.4) is 0 Å². The summed E-state index contributed by atoms with van der Waals surface area (Å²) in [6, 6.07) is 13.4. The number of nitrogens with zero attached hydrogens (tertiary/aromatic N) is 4. The Morgan fingerprint density at radius 2 is 1.81 bits per heavy atom. The molecule has 1 aliphatic heterocycles. The van der Waals surface area contributed by atoms with Gasteiger partial charge in [0.2, 0.25) is 15.9 Å². The van der Waals surface area contributed by atoms with Crippen LogP contribution in [-0.4, -0.2) is 34.4 Å². The van der Waals surface area contributed by atoms with Crippen molar-refractivity contribution in [3.63, 3.8) is 0 Å². The van der Waals surface area contributed by atoms with E-state index < -0.39 is 16.1 Å². The summed E-state index contributed by atoms with van der Waals surface area (Å²) in [7, 11) is -3.62. The molecule has 1 atom stereocenters. The summed E-state index contributed by atoms with van der Waals surface area (Å²) in [5.74, 6) is 0.605. The zero-order chi connectivity index (χ0) is 18.0. The topological polar surface area (TPSA) is 89.2 Å². The molecule has 8 heteroatoms. The van der Waals surface area contributed by atoms with Crippen LogP contribution in [0, 0.1) is 0 Å². The second-order valence-electron chi connectivity index (χ2n) is 6.10. The summed E-state index contributed by atoms with van der Waals surface area (Å²) >= 11 is 0. The van der Waals surface area contributed by atoms with E-state index in [1.54, 1.807) is 48.7 Å². The van der Waals surface area contributed by atoms with Crippen LogP contribution in [0.1, 0.15) is 31.2 Å². The van der Waals surface area contributed by atoms with Crippen LogP contribution in [0.5, 0.6) is 0 Å². The maximum Gasteiger partial charge on any atom is 0.266 e. The minimum absolute atomic E-state index is 0.274. The number of piperidine rings is 1. The average molecular weight is 370 g/mol. The Kier molecular flexibility index (Phi) is 4.52. The molecule has 26 heavy (non-hydrogen) atoms. The lowest BCUT2D eigenvalue weighted by molar-refractivity contribution is 0.220. The van der Waals surface area contributed by atoms with Crippen LogP contribution < -0.4 is 0 Å². The Morgan fingerprint density at radius 3 is 2.58 bits per heavy atom. The van der Waals surface area contributed by atoms with E-state index in [9.17, 15) is 8.42 Å². The van der Waals surface area contributed by atoms with Gasteiger partial charge in [-0.25, -0.2) is 8.42 Å². The first-order chi connectivity index (χ1) is 12.7. The molecule has 3 aromatic rings. The second-order valence-corrected chi connectivity index (χ2v) is 7.99. The van der Waals surface area contributed by atoms with E-state index in [0.29, 0.717) is 30.4 Å². The van der Waals surface area contributed by atoms with Gasteiger partial charge in [0.15, 0.2) is 0 Å². The van der Waals surface area contributed by atoms with Gasteiger partial charge >= 0.3 is 0 Å². The minimum Gasteiger partial charge on any atom is -0.417 e. The molecule has 2 aromatic heterocycles. The van der Waals surface area contributed by atoms with Crippen molar-refractivity contribution in [3.8, 4) is 11.6 Å². The standard InChI is InChI=1S/C18H18N4O3S/c23-26(24,14-8-2-1-3-9-14)22-13-7-5-11-16(22)18-21-20-17(25-18)15-10-4-6-12-19-15/h1-4,6,8-10,12,16H,5,7,11,13H2. The highest BCUT2D eigenvalue weighted by Crippen LogP contribution is 2.35. The lowest BCUT2D eigenvalue weighted by atomic mass is 10.1. The fourth-order valence-electron chi connectivity index (χ4n) is 3.13. The van der Waals surface area contributed by atoms with E-state index in [-0.39, 0.29) is 4.90 Å². The summed E-state index contributed by atoms with van der Waals surface area (Å²) in [5.41, 5.74) is 0.569. The van der Waals surface area contributed by atoms with Crippen molar-refractivity contribution >= 4 is 10.0 Å². The molecule has 1 saturated heterocycles. The lowest BCUT2D eigenvalue weighted by Crippen LogP contribution is -2.38. The molecular formula is C18H18N4O3S. The van der Waals surface area contributed by atoms with E-state index in [4.69, 9.17) is 4.42 Å². The highest BCUT2D eigenvalue weighted by molar-refractivity contribution is 7.89. The molecule has 0 spiro atoms. The van der Waals surface area contributed by atoms with Crippen LogP contribution >= 0.6 is 0 Å². The van der Waals surface area contributed by atoms with Crippen LogP contribution in [0.15, 0.2) is 64.0 Å². The minimum atomic E-state index is -3.62. The van der Waals surface area contributed by atoms with Crippen LogP contribution in [0.4, 0.5) is 0 Å². The van der Waals surface area contributed by atoms with E-state index in [2.05, 4.69) is 15.2 Å². The Bertz CT molecular complexity index is 974. The molecule has 7 nitrogen and oxygen atoms in total. The van der Waals surface area contributed by atoms with Gasteiger partial charge in [-0.2, -0.15) is 4.31 Å². The molecule has 4 rings (SSSR count). The predicted octanol–water partition coefficient (Wildman–Crippen LogP) is 3.05. The van der Waals surface area contributed by atoms with Crippen molar-refractivity contribution in [2.24, 2.45) is 0 Å². The number of pyridine rings is 1. The molecule has 0 radical (unpaired) electrons. The number of benzene rings is 1. The number of hydrogen-bond donors (Lipinski definition) is 0. The monoisotopic (exact) mass is 370 g/mol. The van der Waals surface area contributed by atoms with E-state index >= 15 is 0 Å². The predicted molar refractivity (Wildman–Crippen MR) is 94.5 cm³/mol. The number of rotatable bonds is 4. The van der Waals surface area contributed by atoms with Crippen molar-refractivity contribution in [1.29, 1.82) is 0 Å². The summed E-state index contributed by atoms with van der Waals surface area (Å²) in [6.07, 6.45) is 4.01. The molecular weight excluding hydrogens is 352 g/mol. The fraction of sp³-hybridized carbons (Fsp3) is 0.278. The summed E-state index contributed by atoms with van der Waals surface area (Å²) in [4.78, 5) is 4.47. The van der Waals surface area contributed by atoms with Crippen molar-refractivity contribution in [3.05, 3.63) is 60.6 Å². The summed E-state index contributed by atoms with van der Waals surface area (Å²) in [6.45, 7) is 0.434. The van der Waals surface area contributed by atoms with Gasteiger partial charge in [0, 0.05) is 12.7 Å². The molecule has 1 unspecified atom stereocenters. The Labute approximate surface area is 151 Å². The van der Waals surface area contributed by atoms with E-state index in [1.807, 2.05) is 6.07 Å². The van der Waals surface area contributed by atoms with Gasteiger partial charge in [0.1, 0.15) is 11.7 Å². The smallest absolute Gasteiger partial charge is 0.266 e. The molecule has 0 saturated carbocycles. The largest absolute Gasteiger partial charge is 0.417 e. The maximum atomic E-state index is 13.1. The molecule has 0 aliphatic carbocycles. The Balaban J connectivity index is 1.68. The van der Waals surface area contributed by atoms with Crippen LogP contribution in [0.25, 0.3) is 11.6 Å². The summed E-state index contributed by atoms with van der Waals surface area (Å²) in [5, 5.41) is 8.16. The van der Waals surface area contributed by atoms with Crippen LogP contribution in [0.2, 0.25) is 0 Å². The SMILES string of the molecule is O=S(=O)(c1ccccc1)N1CCCCC1c1nnc(-c2ccccn2)o1. The van der Waals surface area contributed by atoms with Gasteiger partial charge < -0.3 is 4.42 Å². The Hall–Kier alpha value is -2.58. The fourth-order valence-corrected chi connectivity index (χ4v) is 4.80. The Morgan fingerprint density at radius 1 is 1.00 bits per heavy atom. The molecule has 1 aromatic carbocycles. The molecule has 3 heterocycles. The van der Waals surface area contributed by atoms with Crippen molar-refractivity contribution in [1.82, 2.24) is 19.5 Å². The third-order valence-corrected chi connectivity index (χ3v) is 6.34. The van der Waals surface area contributed by atoms with Gasteiger partial charge in [-0.3, -0.25) is 4.98 Å². The zero-order valence-corrected chi connectivity index (χ0v) is 14.8. The molecule has 0 amide bonds. The normalized spacial score (nSPS) is 18.7. The molecule has 0 N–H and O–H groups in total. The van der Waals surface area contributed by atoms with Gasteiger partial charge in [0.05, 0.1) is 4.90 Å². The third-order valence-electron chi connectivity index (χ3n) is 4.41. The first-order valence-electron chi connectivity index (χ1n) is 8.48. The van der Waals surface area contributed by atoms with E-state index in [0.717, 1.165) is 12.8 Å². The maximum absolute atomic E-state index is 13.1. The van der Waals surface area contributed by atoms with Gasteiger partial charge in [-0.15, -0.1) is 10.2 Å². The molecule has 0 bridgehead atoms. The number of aromatic nitrogens is 3. The highest BCUT2D eigenvalue weighted by Gasteiger charge is 2.37. The third kappa shape index (κ3) is 3.13. The lowest BCUT2D eigenvalue weighted by Gasteiger charge is -2.32. The second kappa shape index (κ2) is 6.97. The molecule has 134 valence electrons. The highest BCUT2D eigenvalue weighted by atomic mass is 32.2. The van der Waals surface area contributed by atoms with Crippen molar-refractivity contribution < 1.29 is 12.8 Å². The first-order valence-corrected chi connectivity index (χ1v) is 9.92. The first kappa shape index (κ1) is 16.9.